The first kappa shape index (κ1) is 12.1. The van der Waals surface area contributed by atoms with E-state index in [-0.39, 0.29) is 0 Å². The molecule has 0 atom stereocenters. The standard InChI is InChI=1S/C15H16N6/c1-2-5-17-14(3-1)20-7-9-21(10-8-20)15-18-12-4-6-16-11-13(12)19-15/h1-6,11H,7-10H2,(H,18,19). The highest BCUT2D eigenvalue weighted by molar-refractivity contribution is 5.76. The fraction of sp³-hybridized carbons (Fsp3) is 0.267. The van der Waals surface area contributed by atoms with Crippen molar-refractivity contribution in [1.29, 1.82) is 0 Å². The average molecular weight is 280 g/mol. The van der Waals surface area contributed by atoms with E-state index in [4.69, 9.17) is 0 Å². The van der Waals surface area contributed by atoms with Crippen LogP contribution in [0, 0.1) is 0 Å². The lowest BCUT2D eigenvalue weighted by atomic mass is 10.3. The van der Waals surface area contributed by atoms with Gasteiger partial charge in [0.05, 0.1) is 11.7 Å². The van der Waals surface area contributed by atoms with Gasteiger partial charge in [-0.05, 0) is 18.2 Å². The summed E-state index contributed by atoms with van der Waals surface area (Å²) in [5.74, 6) is 1.98. The predicted octanol–water partition coefficient (Wildman–Crippen LogP) is 1.68. The van der Waals surface area contributed by atoms with E-state index in [1.165, 1.54) is 0 Å². The molecule has 0 spiro atoms. The zero-order valence-corrected chi connectivity index (χ0v) is 11.6. The number of fused-ring (bicyclic) bond motifs is 1. The largest absolute Gasteiger partial charge is 0.353 e. The number of H-pyrrole nitrogens is 1. The van der Waals surface area contributed by atoms with Crippen LogP contribution in [0.2, 0.25) is 0 Å². The summed E-state index contributed by atoms with van der Waals surface area (Å²) in [6.45, 7) is 3.77. The van der Waals surface area contributed by atoms with Crippen molar-refractivity contribution in [3.8, 4) is 0 Å². The summed E-state index contributed by atoms with van der Waals surface area (Å²) in [6.07, 6.45) is 5.41. The van der Waals surface area contributed by atoms with E-state index >= 15 is 0 Å². The SMILES string of the molecule is c1ccc(N2CCN(c3nc4cnccc4[nH]3)CC2)nc1. The second-order valence-corrected chi connectivity index (χ2v) is 5.12. The summed E-state index contributed by atoms with van der Waals surface area (Å²) in [6, 6.07) is 7.99. The van der Waals surface area contributed by atoms with Crippen LogP contribution in [0.3, 0.4) is 0 Å². The first-order chi connectivity index (χ1) is 10.4. The summed E-state index contributed by atoms with van der Waals surface area (Å²) < 4.78 is 0. The van der Waals surface area contributed by atoms with Crippen LogP contribution < -0.4 is 9.80 Å². The van der Waals surface area contributed by atoms with E-state index in [0.29, 0.717) is 0 Å². The molecular formula is C15H16N6. The molecule has 1 aliphatic heterocycles. The van der Waals surface area contributed by atoms with E-state index in [9.17, 15) is 0 Å². The normalized spacial score (nSPS) is 15.6. The summed E-state index contributed by atoms with van der Waals surface area (Å²) in [5.41, 5.74) is 1.95. The fourth-order valence-corrected chi connectivity index (χ4v) is 2.68. The van der Waals surface area contributed by atoms with Crippen LogP contribution in [-0.2, 0) is 0 Å². The molecule has 0 saturated carbocycles. The van der Waals surface area contributed by atoms with Gasteiger partial charge in [-0.15, -0.1) is 0 Å². The number of piperazine rings is 1. The number of nitrogens with one attached hydrogen (secondary N) is 1. The molecule has 3 aromatic rings. The van der Waals surface area contributed by atoms with Crippen LogP contribution in [0.5, 0.6) is 0 Å². The molecule has 0 aromatic carbocycles. The topological polar surface area (TPSA) is 60.9 Å². The molecule has 0 aliphatic carbocycles. The van der Waals surface area contributed by atoms with Crippen LogP contribution >= 0.6 is 0 Å². The van der Waals surface area contributed by atoms with Gasteiger partial charge in [0, 0.05) is 38.6 Å². The van der Waals surface area contributed by atoms with Crippen LogP contribution in [0.1, 0.15) is 0 Å². The van der Waals surface area contributed by atoms with E-state index < -0.39 is 0 Å². The first-order valence-corrected chi connectivity index (χ1v) is 7.11. The molecule has 4 heterocycles. The smallest absolute Gasteiger partial charge is 0.204 e. The molecular weight excluding hydrogens is 264 g/mol. The number of anilines is 2. The van der Waals surface area contributed by atoms with Crippen molar-refractivity contribution in [1.82, 2.24) is 19.9 Å². The minimum absolute atomic E-state index is 0.916. The number of aromatic nitrogens is 4. The van der Waals surface area contributed by atoms with Gasteiger partial charge in [0.15, 0.2) is 0 Å². The number of aromatic amines is 1. The van der Waals surface area contributed by atoms with Crippen LogP contribution in [-0.4, -0.2) is 46.1 Å². The zero-order chi connectivity index (χ0) is 14.1. The quantitative estimate of drug-likeness (QED) is 0.774. The Bertz CT molecular complexity index is 697. The van der Waals surface area contributed by atoms with Crippen molar-refractivity contribution in [2.24, 2.45) is 0 Å². The van der Waals surface area contributed by atoms with Gasteiger partial charge < -0.3 is 14.8 Å². The molecule has 106 valence electrons. The molecule has 0 radical (unpaired) electrons. The lowest BCUT2D eigenvalue weighted by Crippen LogP contribution is -2.47. The van der Waals surface area contributed by atoms with Gasteiger partial charge in [-0.25, -0.2) is 9.97 Å². The van der Waals surface area contributed by atoms with Crippen molar-refractivity contribution in [2.45, 2.75) is 0 Å². The summed E-state index contributed by atoms with van der Waals surface area (Å²) >= 11 is 0. The van der Waals surface area contributed by atoms with Gasteiger partial charge in [0.25, 0.3) is 0 Å². The molecule has 1 fully saturated rings. The lowest BCUT2D eigenvalue weighted by Gasteiger charge is -2.35. The van der Waals surface area contributed by atoms with Crippen LogP contribution in [0.25, 0.3) is 11.0 Å². The van der Waals surface area contributed by atoms with Crippen molar-refractivity contribution in [2.75, 3.05) is 36.0 Å². The van der Waals surface area contributed by atoms with Gasteiger partial charge in [-0.2, -0.15) is 0 Å². The number of imidazole rings is 1. The maximum absolute atomic E-state index is 4.61. The summed E-state index contributed by atoms with van der Waals surface area (Å²) in [4.78, 5) is 21.1. The molecule has 1 saturated heterocycles. The summed E-state index contributed by atoms with van der Waals surface area (Å²) in [5, 5.41) is 0. The van der Waals surface area contributed by atoms with E-state index in [0.717, 1.165) is 49.0 Å². The van der Waals surface area contributed by atoms with Gasteiger partial charge in [0.2, 0.25) is 5.95 Å². The Kier molecular flexibility index (Phi) is 2.92. The number of rotatable bonds is 2. The Morgan fingerprint density at radius 2 is 1.81 bits per heavy atom. The molecule has 4 rings (SSSR count). The molecule has 0 bridgehead atoms. The van der Waals surface area contributed by atoms with E-state index in [1.807, 2.05) is 24.4 Å². The maximum Gasteiger partial charge on any atom is 0.204 e. The maximum atomic E-state index is 4.61. The molecule has 1 N–H and O–H groups in total. The second-order valence-electron chi connectivity index (χ2n) is 5.12. The Labute approximate surface area is 122 Å². The first-order valence-electron chi connectivity index (χ1n) is 7.11. The Hall–Kier alpha value is -2.63. The number of pyridine rings is 2. The lowest BCUT2D eigenvalue weighted by molar-refractivity contribution is 0.638. The average Bonchev–Trinajstić information content (AvgIpc) is 3.00. The minimum Gasteiger partial charge on any atom is -0.353 e. The van der Waals surface area contributed by atoms with Crippen LogP contribution in [0.15, 0.2) is 42.9 Å². The van der Waals surface area contributed by atoms with Crippen molar-refractivity contribution >= 4 is 22.8 Å². The molecule has 1 aliphatic rings. The second kappa shape index (κ2) is 5.05. The fourth-order valence-electron chi connectivity index (χ4n) is 2.68. The molecule has 0 unspecified atom stereocenters. The molecule has 3 aromatic heterocycles. The Morgan fingerprint density at radius 3 is 2.57 bits per heavy atom. The molecule has 6 heteroatoms. The number of nitrogens with zero attached hydrogens (tertiary/aromatic N) is 5. The Balaban J connectivity index is 1.50. The van der Waals surface area contributed by atoms with Gasteiger partial charge in [0.1, 0.15) is 11.3 Å². The highest BCUT2D eigenvalue weighted by Crippen LogP contribution is 2.19. The monoisotopic (exact) mass is 280 g/mol. The molecule has 21 heavy (non-hydrogen) atoms. The number of hydrogen-bond donors (Lipinski definition) is 1. The van der Waals surface area contributed by atoms with Gasteiger partial charge >= 0.3 is 0 Å². The highest BCUT2D eigenvalue weighted by Gasteiger charge is 2.20. The van der Waals surface area contributed by atoms with Gasteiger partial charge in [-0.1, -0.05) is 6.07 Å². The number of hydrogen-bond acceptors (Lipinski definition) is 5. The zero-order valence-electron chi connectivity index (χ0n) is 11.6. The van der Waals surface area contributed by atoms with Crippen molar-refractivity contribution in [3.05, 3.63) is 42.9 Å². The predicted molar refractivity (Wildman–Crippen MR) is 82.6 cm³/mol. The third-order valence-corrected chi connectivity index (χ3v) is 3.83. The third kappa shape index (κ3) is 2.29. The van der Waals surface area contributed by atoms with Crippen LogP contribution in [0.4, 0.5) is 11.8 Å². The highest BCUT2D eigenvalue weighted by atomic mass is 15.3. The van der Waals surface area contributed by atoms with Gasteiger partial charge in [-0.3, -0.25) is 4.98 Å². The van der Waals surface area contributed by atoms with Crippen molar-refractivity contribution < 1.29 is 0 Å². The molecule has 0 amide bonds. The molecule has 6 nitrogen and oxygen atoms in total. The van der Waals surface area contributed by atoms with Crippen molar-refractivity contribution in [3.63, 3.8) is 0 Å². The minimum atomic E-state index is 0.916. The van der Waals surface area contributed by atoms with E-state index in [1.54, 1.807) is 12.4 Å². The Morgan fingerprint density at radius 1 is 0.952 bits per heavy atom. The third-order valence-electron chi connectivity index (χ3n) is 3.83. The van der Waals surface area contributed by atoms with E-state index in [2.05, 4.69) is 35.8 Å². The summed E-state index contributed by atoms with van der Waals surface area (Å²) in [7, 11) is 0.